The van der Waals surface area contributed by atoms with Crippen molar-refractivity contribution in [3.63, 3.8) is 0 Å². The van der Waals surface area contributed by atoms with Gasteiger partial charge in [0, 0.05) is 17.4 Å². The lowest BCUT2D eigenvalue weighted by Crippen LogP contribution is -2.38. The van der Waals surface area contributed by atoms with Crippen LogP contribution in [-0.4, -0.2) is 17.7 Å². The van der Waals surface area contributed by atoms with E-state index in [1.165, 1.54) is 17.8 Å². The summed E-state index contributed by atoms with van der Waals surface area (Å²) < 4.78 is 26.5. The highest BCUT2D eigenvalue weighted by Gasteiger charge is 2.19. The maximum atomic E-state index is 13.4. The van der Waals surface area contributed by atoms with Crippen molar-refractivity contribution in [3.05, 3.63) is 35.4 Å². The van der Waals surface area contributed by atoms with Crippen LogP contribution >= 0.6 is 11.8 Å². The van der Waals surface area contributed by atoms with Crippen molar-refractivity contribution < 1.29 is 13.6 Å². The molecule has 0 saturated heterocycles. The molecule has 1 N–H and O–H groups in total. The van der Waals surface area contributed by atoms with E-state index in [1.807, 2.05) is 0 Å². The van der Waals surface area contributed by atoms with Crippen LogP contribution in [0.25, 0.3) is 0 Å². The number of hydrogen-bond acceptors (Lipinski definition) is 2. The van der Waals surface area contributed by atoms with Crippen molar-refractivity contribution in [2.75, 3.05) is 5.75 Å². The lowest BCUT2D eigenvalue weighted by molar-refractivity contribution is -0.119. The van der Waals surface area contributed by atoms with Gasteiger partial charge >= 0.3 is 0 Å². The minimum Gasteiger partial charge on any atom is -0.353 e. The standard InChI is InChI=1S/C16H21F2NOS/c1-11-5-7-13(8-6-11)19-15(20)10-21-9-12-3-2-4-14(17)16(12)18/h2-4,11,13H,5-10H2,1H3,(H,19,20). The van der Waals surface area contributed by atoms with E-state index in [1.54, 1.807) is 6.07 Å². The minimum atomic E-state index is -0.839. The molecule has 0 radical (unpaired) electrons. The molecule has 2 nitrogen and oxygen atoms in total. The maximum absolute atomic E-state index is 13.4. The van der Waals surface area contributed by atoms with Crippen LogP contribution < -0.4 is 5.32 Å². The van der Waals surface area contributed by atoms with Crippen LogP contribution in [0.2, 0.25) is 0 Å². The van der Waals surface area contributed by atoms with Gasteiger partial charge < -0.3 is 5.32 Å². The fraction of sp³-hybridized carbons (Fsp3) is 0.562. The summed E-state index contributed by atoms with van der Waals surface area (Å²) in [7, 11) is 0. The molecule has 0 unspecified atom stereocenters. The average Bonchev–Trinajstić information content (AvgIpc) is 2.46. The molecule has 21 heavy (non-hydrogen) atoms. The zero-order valence-corrected chi connectivity index (χ0v) is 13.0. The number of amides is 1. The molecule has 0 spiro atoms. The summed E-state index contributed by atoms with van der Waals surface area (Å²) in [5.74, 6) is -0.332. The molecule has 1 amide bonds. The SMILES string of the molecule is CC1CCC(NC(=O)CSCc2cccc(F)c2F)CC1. The number of nitrogens with one attached hydrogen (secondary N) is 1. The predicted molar refractivity (Wildman–Crippen MR) is 82.1 cm³/mol. The third-order valence-corrected chi connectivity index (χ3v) is 4.88. The number of rotatable bonds is 5. The van der Waals surface area contributed by atoms with E-state index in [9.17, 15) is 13.6 Å². The molecular weight excluding hydrogens is 292 g/mol. The van der Waals surface area contributed by atoms with Crippen molar-refractivity contribution in [2.45, 2.75) is 44.4 Å². The van der Waals surface area contributed by atoms with Crippen molar-refractivity contribution in [1.29, 1.82) is 0 Å². The van der Waals surface area contributed by atoms with Crippen LogP contribution in [0.5, 0.6) is 0 Å². The third-order valence-electron chi connectivity index (χ3n) is 3.90. The highest BCUT2D eigenvalue weighted by Crippen LogP contribution is 2.23. The largest absolute Gasteiger partial charge is 0.353 e. The van der Waals surface area contributed by atoms with Gasteiger partial charge in [-0.25, -0.2) is 8.78 Å². The Kier molecular flexibility index (Phi) is 6.03. The fourth-order valence-corrected chi connectivity index (χ4v) is 3.40. The van der Waals surface area contributed by atoms with E-state index >= 15 is 0 Å². The normalized spacial score (nSPS) is 22.0. The monoisotopic (exact) mass is 313 g/mol. The highest BCUT2D eigenvalue weighted by molar-refractivity contribution is 7.99. The Morgan fingerprint density at radius 1 is 1.29 bits per heavy atom. The first-order chi connectivity index (χ1) is 10.1. The van der Waals surface area contributed by atoms with Gasteiger partial charge in [0.05, 0.1) is 5.75 Å². The van der Waals surface area contributed by atoms with Gasteiger partial charge in [0.1, 0.15) is 0 Å². The molecular formula is C16H21F2NOS. The Bertz CT molecular complexity index is 487. The summed E-state index contributed by atoms with van der Waals surface area (Å²) >= 11 is 1.31. The molecule has 0 aromatic heterocycles. The van der Waals surface area contributed by atoms with E-state index < -0.39 is 11.6 Å². The number of thioether (sulfide) groups is 1. The zero-order valence-electron chi connectivity index (χ0n) is 12.2. The van der Waals surface area contributed by atoms with Crippen LogP contribution in [0.15, 0.2) is 18.2 Å². The second-order valence-corrected chi connectivity index (χ2v) is 6.72. The molecule has 2 rings (SSSR count). The molecule has 1 saturated carbocycles. The summed E-state index contributed by atoms with van der Waals surface area (Å²) in [4.78, 5) is 11.8. The molecule has 1 aliphatic rings. The van der Waals surface area contributed by atoms with Gasteiger partial charge in [-0.3, -0.25) is 4.79 Å². The first kappa shape index (κ1) is 16.3. The lowest BCUT2D eigenvalue weighted by atomic mass is 9.87. The second kappa shape index (κ2) is 7.78. The fourth-order valence-electron chi connectivity index (χ4n) is 2.59. The maximum Gasteiger partial charge on any atom is 0.230 e. The lowest BCUT2D eigenvalue weighted by Gasteiger charge is -2.26. The Balaban J connectivity index is 1.71. The van der Waals surface area contributed by atoms with E-state index in [-0.39, 0.29) is 17.7 Å². The number of benzene rings is 1. The Hall–Kier alpha value is -1.10. The number of halogens is 2. The van der Waals surface area contributed by atoms with Crippen molar-refractivity contribution >= 4 is 17.7 Å². The molecule has 116 valence electrons. The van der Waals surface area contributed by atoms with Gasteiger partial charge in [-0.05, 0) is 37.7 Å². The Morgan fingerprint density at radius 2 is 2.00 bits per heavy atom. The Morgan fingerprint density at radius 3 is 2.71 bits per heavy atom. The highest BCUT2D eigenvalue weighted by atomic mass is 32.2. The van der Waals surface area contributed by atoms with Gasteiger partial charge in [-0.2, -0.15) is 0 Å². The van der Waals surface area contributed by atoms with Crippen molar-refractivity contribution in [1.82, 2.24) is 5.32 Å². The first-order valence-corrected chi connectivity index (χ1v) is 8.51. The van der Waals surface area contributed by atoms with Crippen LogP contribution in [0, 0.1) is 17.6 Å². The van der Waals surface area contributed by atoms with Gasteiger partial charge in [0.2, 0.25) is 5.91 Å². The molecule has 1 fully saturated rings. The topological polar surface area (TPSA) is 29.1 Å². The van der Waals surface area contributed by atoms with Crippen LogP contribution in [0.1, 0.15) is 38.2 Å². The first-order valence-electron chi connectivity index (χ1n) is 7.36. The molecule has 0 atom stereocenters. The third kappa shape index (κ3) is 4.99. The molecule has 5 heteroatoms. The van der Waals surface area contributed by atoms with E-state index in [4.69, 9.17) is 0 Å². The predicted octanol–water partition coefficient (Wildman–Crippen LogP) is 3.89. The molecule has 0 aliphatic heterocycles. The van der Waals surface area contributed by atoms with Crippen molar-refractivity contribution in [3.8, 4) is 0 Å². The summed E-state index contributed by atoms with van der Waals surface area (Å²) in [5, 5.41) is 3.02. The summed E-state index contributed by atoms with van der Waals surface area (Å²) in [6.45, 7) is 2.24. The average molecular weight is 313 g/mol. The van der Waals surface area contributed by atoms with Gasteiger partial charge in [-0.15, -0.1) is 11.8 Å². The smallest absolute Gasteiger partial charge is 0.230 e. The van der Waals surface area contributed by atoms with Crippen LogP contribution in [0.3, 0.4) is 0 Å². The van der Waals surface area contributed by atoms with Gasteiger partial charge in [-0.1, -0.05) is 19.1 Å². The number of carbonyl (C=O) groups excluding carboxylic acids is 1. The van der Waals surface area contributed by atoms with Crippen molar-refractivity contribution in [2.24, 2.45) is 5.92 Å². The van der Waals surface area contributed by atoms with E-state index in [0.717, 1.165) is 37.7 Å². The van der Waals surface area contributed by atoms with E-state index in [2.05, 4.69) is 12.2 Å². The molecule has 0 bridgehead atoms. The zero-order chi connectivity index (χ0) is 15.2. The minimum absolute atomic E-state index is 0.0173. The Labute approximate surface area is 128 Å². The number of hydrogen-bond donors (Lipinski definition) is 1. The second-order valence-electron chi connectivity index (χ2n) is 5.73. The van der Waals surface area contributed by atoms with E-state index in [0.29, 0.717) is 11.3 Å². The quantitative estimate of drug-likeness (QED) is 0.893. The van der Waals surface area contributed by atoms with Crippen LogP contribution in [-0.2, 0) is 10.5 Å². The summed E-state index contributed by atoms with van der Waals surface area (Å²) in [6, 6.07) is 4.41. The molecule has 1 aromatic carbocycles. The van der Waals surface area contributed by atoms with Gasteiger partial charge in [0.25, 0.3) is 0 Å². The number of carbonyl (C=O) groups is 1. The molecule has 0 heterocycles. The molecule has 1 aliphatic carbocycles. The summed E-state index contributed by atoms with van der Waals surface area (Å²) in [6.07, 6.45) is 4.39. The molecule has 1 aromatic rings. The van der Waals surface area contributed by atoms with Crippen LogP contribution in [0.4, 0.5) is 8.78 Å². The summed E-state index contributed by atoms with van der Waals surface area (Å²) in [5.41, 5.74) is 0.305. The van der Waals surface area contributed by atoms with Gasteiger partial charge in [0.15, 0.2) is 11.6 Å².